The standard InChI is InChI=1S/C31H32N4O5/c1-2-40-25-13-11-21(12-14-25)16-31(28(37)32-30(39)35(29(31)38)24-7-4-3-5-8-24)20-33-17-22-15-23(19-33)26-9-6-10-27(36)34(26)18-22/h3-14,22-23H,2,15-20H2,1H3,(H,32,37,39)/t22-,23+,31-/m1/s1. The first-order valence-electron chi connectivity index (χ1n) is 13.8. The number of nitrogens with one attached hydrogen (secondary N) is 1. The van der Waals surface area contributed by atoms with E-state index < -0.39 is 23.3 Å². The number of para-hydroxylation sites is 1. The monoisotopic (exact) mass is 540 g/mol. The van der Waals surface area contributed by atoms with Crippen LogP contribution in [0.15, 0.2) is 77.6 Å². The molecule has 9 nitrogen and oxygen atoms in total. The summed E-state index contributed by atoms with van der Waals surface area (Å²) in [4.78, 5) is 56.9. The highest BCUT2D eigenvalue weighted by Crippen LogP contribution is 2.39. The number of piperidine rings is 1. The number of imide groups is 2. The number of aromatic nitrogens is 1. The quantitative estimate of drug-likeness (QED) is 0.462. The summed E-state index contributed by atoms with van der Waals surface area (Å²) in [6, 6.07) is 20.7. The van der Waals surface area contributed by atoms with Gasteiger partial charge in [-0.2, -0.15) is 0 Å². The second kappa shape index (κ2) is 10.4. The van der Waals surface area contributed by atoms with E-state index in [0.29, 0.717) is 37.7 Å². The fraction of sp³-hybridized carbons (Fsp3) is 0.355. The summed E-state index contributed by atoms with van der Waals surface area (Å²) in [6.45, 7) is 4.48. The Hall–Kier alpha value is -4.24. The summed E-state index contributed by atoms with van der Waals surface area (Å²) in [6.07, 6.45) is 1.09. The van der Waals surface area contributed by atoms with Gasteiger partial charge in [0.25, 0.3) is 11.5 Å². The zero-order valence-corrected chi connectivity index (χ0v) is 22.4. The molecule has 3 aliphatic rings. The molecule has 0 saturated carbocycles. The summed E-state index contributed by atoms with van der Waals surface area (Å²) in [5.41, 5.74) is 0.681. The van der Waals surface area contributed by atoms with Gasteiger partial charge in [0.1, 0.15) is 11.2 Å². The number of hydrogen-bond donors (Lipinski definition) is 1. The number of pyridine rings is 1. The Bertz CT molecular complexity index is 1500. The number of barbiturate groups is 1. The number of carbonyl (C=O) groups is 3. The van der Waals surface area contributed by atoms with E-state index in [4.69, 9.17) is 4.74 Å². The summed E-state index contributed by atoms with van der Waals surface area (Å²) in [5, 5.41) is 2.49. The maximum atomic E-state index is 14.4. The molecule has 2 bridgehead atoms. The van der Waals surface area contributed by atoms with E-state index in [1.807, 2.05) is 47.9 Å². The third-order valence-electron chi connectivity index (χ3n) is 8.27. The van der Waals surface area contributed by atoms with Gasteiger partial charge in [-0.1, -0.05) is 36.4 Å². The highest BCUT2D eigenvalue weighted by Gasteiger charge is 2.55. The lowest BCUT2D eigenvalue weighted by atomic mass is 9.75. The molecule has 3 aliphatic heterocycles. The molecule has 40 heavy (non-hydrogen) atoms. The smallest absolute Gasteiger partial charge is 0.335 e. The van der Waals surface area contributed by atoms with Gasteiger partial charge in [-0.05, 0) is 61.6 Å². The molecule has 2 fully saturated rings. The summed E-state index contributed by atoms with van der Waals surface area (Å²) in [7, 11) is 0. The van der Waals surface area contributed by atoms with Gasteiger partial charge in [-0.25, -0.2) is 9.69 Å². The number of carbonyl (C=O) groups excluding carboxylic acids is 3. The zero-order chi connectivity index (χ0) is 27.9. The second-order valence-corrected chi connectivity index (χ2v) is 11.0. The Balaban J connectivity index is 1.36. The molecule has 9 heteroatoms. The van der Waals surface area contributed by atoms with Gasteiger partial charge in [0.15, 0.2) is 0 Å². The second-order valence-electron chi connectivity index (χ2n) is 11.0. The van der Waals surface area contributed by atoms with Crippen molar-refractivity contribution in [1.29, 1.82) is 0 Å². The molecule has 206 valence electrons. The van der Waals surface area contributed by atoms with Crippen LogP contribution in [0.4, 0.5) is 10.5 Å². The minimum absolute atomic E-state index is 0.00599. The Morgan fingerprint density at radius 3 is 2.42 bits per heavy atom. The minimum Gasteiger partial charge on any atom is -0.494 e. The fourth-order valence-corrected chi connectivity index (χ4v) is 6.56. The number of amides is 4. The molecule has 2 aromatic carbocycles. The third-order valence-corrected chi connectivity index (χ3v) is 8.27. The normalized spacial score (nSPS) is 24.4. The first kappa shape index (κ1) is 26.0. The van der Waals surface area contributed by atoms with Crippen molar-refractivity contribution in [3.05, 3.63) is 94.4 Å². The number of hydrogen-bond acceptors (Lipinski definition) is 6. The Morgan fingerprint density at radius 1 is 0.900 bits per heavy atom. The summed E-state index contributed by atoms with van der Waals surface area (Å²) < 4.78 is 7.44. The van der Waals surface area contributed by atoms with E-state index in [0.717, 1.165) is 22.6 Å². The number of rotatable bonds is 7. The molecule has 0 aliphatic carbocycles. The van der Waals surface area contributed by atoms with E-state index in [-0.39, 0.29) is 30.4 Å². The zero-order valence-electron chi connectivity index (χ0n) is 22.4. The minimum atomic E-state index is -1.53. The summed E-state index contributed by atoms with van der Waals surface area (Å²) >= 11 is 0. The number of ether oxygens (including phenoxy) is 1. The van der Waals surface area contributed by atoms with Gasteiger partial charge in [-0.15, -0.1) is 0 Å². The van der Waals surface area contributed by atoms with E-state index >= 15 is 0 Å². The molecule has 0 radical (unpaired) electrons. The van der Waals surface area contributed by atoms with Crippen molar-refractivity contribution in [1.82, 2.24) is 14.8 Å². The molecule has 1 N–H and O–H groups in total. The van der Waals surface area contributed by atoms with E-state index in [2.05, 4.69) is 10.2 Å². The topological polar surface area (TPSA) is 101 Å². The number of fused-ring (bicyclic) bond motifs is 4. The first-order chi connectivity index (χ1) is 19.4. The average molecular weight is 541 g/mol. The van der Waals surface area contributed by atoms with E-state index in [1.165, 1.54) is 0 Å². The number of nitrogens with zero attached hydrogens (tertiary/aromatic N) is 3. The van der Waals surface area contributed by atoms with Crippen molar-refractivity contribution in [2.75, 3.05) is 31.1 Å². The van der Waals surface area contributed by atoms with Crippen LogP contribution in [0.2, 0.25) is 0 Å². The molecular weight excluding hydrogens is 508 g/mol. The molecule has 3 atom stereocenters. The highest BCUT2D eigenvalue weighted by molar-refractivity contribution is 6.30. The Morgan fingerprint density at radius 2 is 1.68 bits per heavy atom. The summed E-state index contributed by atoms with van der Waals surface area (Å²) in [5.74, 6) is -0.0665. The van der Waals surface area contributed by atoms with Crippen LogP contribution in [0.3, 0.4) is 0 Å². The molecule has 2 saturated heterocycles. The lowest BCUT2D eigenvalue weighted by Gasteiger charge is -2.47. The molecule has 6 rings (SSSR count). The van der Waals surface area contributed by atoms with E-state index in [9.17, 15) is 19.2 Å². The first-order valence-corrected chi connectivity index (χ1v) is 13.8. The molecule has 0 unspecified atom stereocenters. The van der Waals surface area contributed by atoms with Crippen LogP contribution in [0.5, 0.6) is 5.75 Å². The van der Waals surface area contributed by atoms with Gasteiger partial charge in [0.05, 0.1) is 12.3 Å². The maximum Gasteiger partial charge on any atom is 0.335 e. The van der Waals surface area contributed by atoms with Gasteiger partial charge in [0, 0.05) is 43.9 Å². The SMILES string of the molecule is CCOc1ccc(C[C@@]2(CN3C[C@H]4C[C@@H](C3)c3cccc(=O)n3C4)C(=O)NC(=O)N(c3ccccc3)C2=O)cc1. The van der Waals surface area contributed by atoms with Gasteiger partial charge in [-0.3, -0.25) is 19.7 Å². The van der Waals surface area contributed by atoms with Crippen LogP contribution in [0.1, 0.15) is 30.5 Å². The Kier molecular flexibility index (Phi) is 6.75. The van der Waals surface area contributed by atoms with Crippen LogP contribution in [-0.2, 0) is 22.6 Å². The van der Waals surface area contributed by atoms with Crippen molar-refractivity contribution >= 4 is 23.5 Å². The van der Waals surface area contributed by atoms with Gasteiger partial charge in [0.2, 0.25) is 5.91 Å². The van der Waals surface area contributed by atoms with Crippen LogP contribution < -0.4 is 20.5 Å². The molecule has 1 aromatic heterocycles. The van der Waals surface area contributed by atoms with Crippen LogP contribution in [0.25, 0.3) is 0 Å². The van der Waals surface area contributed by atoms with Crippen molar-refractivity contribution in [2.24, 2.45) is 11.3 Å². The lowest BCUT2D eigenvalue weighted by molar-refractivity contribution is -0.144. The average Bonchev–Trinajstić information content (AvgIpc) is 2.94. The van der Waals surface area contributed by atoms with E-state index in [1.54, 1.807) is 36.4 Å². The predicted molar refractivity (Wildman–Crippen MR) is 149 cm³/mol. The molecular formula is C31H32N4O5. The largest absolute Gasteiger partial charge is 0.494 e. The molecule has 4 amide bonds. The number of likely N-dealkylation sites (tertiary alicyclic amines) is 1. The van der Waals surface area contributed by atoms with Crippen molar-refractivity contribution in [2.45, 2.75) is 32.2 Å². The third kappa shape index (κ3) is 4.60. The van der Waals surface area contributed by atoms with Gasteiger partial charge < -0.3 is 14.2 Å². The highest BCUT2D eigenvalue weighted by atomic mass is 16.5. The molecule has 3 aromatic rings. The number of benzene rings is 2. The molecule has 0 spiro atoms. The number of urea groups is 1. The molecule has 4 heterocycles. The van der Waals surface area contributed by atoms with Crippen LogP contribution >= 0.6 is 0 Å². The number of anilines is 1. The lowest BCUT2D eigenvalue weighted by Crippen LogP contribution is -2.68. The van der Waals surface area contributed by atoms with Crippen LogP contribution in [-0.4, -0.2) is 53.6 Å². The van der Waals surface area contributed by atoms with Gasteiger partial charge >= 0.3 is 6.03 Å². The van der Waals surface area contributed by atoms with Crippen molar-refractivity contribution in [3.63, 3.8) is 0 Å². The van der Waals surface area contributed by atoms with Crippen LogP contribution in [0, 0.1) is 11.3 Å². The van der Waals surface area contributed by atoms with Crippen molar-refractivity contribution < 1.29 is 19.1 Å². The fourth-order valence-electron chi connectivity index (χ4n) is 6.56. The predicted octanol–water partition coefficient (Wildman–Crippen LogP) is 3.18. The van der Waals surface area contributed by atoms with Crippen molar-refractivity contribution in [3.8, 4) is 5.75 Å². The Labute approximate surface area is 232 Å². The maximum absolute atomic E-state index is 14.4.